The van der Waals surface area contributed by atoms with Gasteiger partial charge in [0.15, 0.2) is 4.77 Å². The summed E-state index contributed by atoms with van der Waals surface area (Å²) in [4.78, 5) is 2.90. The number of aromatic amines is 1. The maximum Gasteiger partial charge on any atom is 0.182 e. The topological polar surface area (TPSA) is 20.7 Å². The molecule has 102 valence electrons. The van der Waals surface area contributed by atoms with E-state index in [0.29, 0.717) is 26.0 Å². The highest BCUT2D eigenvalue weighted by atomic mass is 79.9. The molecule has 7 heteroatoms. The predicted octanol–water partition coefficient (Wildman–Crippen LogP) is 5.38. The Bertz CT molecular complexity index is 888. The third kappa shape index (κ3) is 2.17. The maximum atomic E-state index is 13.5. The molecule has 20 heavy (non-hydrogen) atoms. The summed E-state index contributed by atoms with van der Waals surface area (Å²) in [7, 11) is 0. The molecule has 1 N–H and O–H groups in total. The molecular weight excluding hydrogens is 370 g/mol. The zero-order valence-corrected chi connectivity index (χ0v) is 12.9. The Morgan fingerprint density at radius 3 is 2.65 bits per heavy atom. The largest absolute Gasteiger partial charge is 0.330 e. The molecule has 0 bridgehead atoms. The van der Waals surface area contributed by atoms with Crippen LogP contribution in [0.15, 0.2) is 34.8 Å². The van der Waals surface area contributed by atoms with E-state index in [2.05, 4.69) is 20.9 Å². The van der Waals surface area contributed by atoms with Crippen molar-refractivity contribution in [3.05, 3.63) is 56.2 Å². The number of hydrogen-bond donors (Lipinski definition) is 1. The fourth-order valence-electron chi connectivity index (χ4n) is 2.00. The van der Waals surface area contributed by atoms with Crippen molar-refractivity contribution in [2.75, 3.05) is 0 Å². The number of H-pyrrole nitrogens is 1. The number of nitrogens with zero attached hydrogens (tertiary/aromatic N) is 1. The Morgan fingerprint density at radius 1 is 1.20 bits per heavy atom. The van der Waals surface area contributed by atoms with E-state index in [-0.39, 0.29) is 10.8 Å². The molecule has 3 aromatic rings. The van der Waals surface area contributed by atoms with E-state index >= 15 is 0 Å². The molecule has 0 spiro atoms. The molecule has 1 aromatic heterocycles. The molecule has 1 heterocycles. The van der Waals surface area contributed by atoms with Gasteiger partial charge in [0, 0.05) is 10.5 Å². The third-order valence-electron chi connectivity index (χ3n) is 2.87. The first-order chi connectivity index (χ1) is 9.47. The normalized spacial score (nSPS) is 11.2. The van der Waals surface area contributed by atoms with Gasteiger partial charge < -0.3 is 4.98 Å². The van der Waals surface area contributed by atoms with E-state index in [1.807, 2.05) is 0 Å². The fourth-order valence-corrected chi connectivity index (χ4v) is 3.00. The smallest absolute Gasteiger partial charge is 0.182 e. The SMILES string of the molecule is Fc1ccc(-n2c(=S)[nH]c3cc(F)c(Cl)cc32)c(Br)c1. The van der Waals surface area contributed by atoms with E-state index in [0.717, 1.165) is 0 Å². The average molecular weight is 376 g/mol. The van der Waals surface area contributed by atoms with Crippen LogP contribution in [-0.2, 0) is 0 Å². The summed E-state index contributed by atoms with van der Waals surface area (Å²) >= 11 is 14.3. The number of imidazole rings is 1. The quantitative estimate of drug-likeness (QED) is 0.566. The van der Waals surface area contributed by atoms with Crippen molar-refractivity contribution in [1.29, 1.82) is 0 Å². The summed E-state index contributed by atoms with van der Waals surface area (Å²) in [5.74, 6) is -0.892. The van der Waals surface area contributed by atoms with Crippen molar-refractivity contribution in [3.8, 4) is 5.69 Å². The molecule has 0 saturated heterocycles. The van der Waals surface area contributed by atoms with E-state index in [1.165, 1.54) is 24.3 Å². The van der Waals surface area contributed by atoms with Gasteiger partial charge in [-0.15, -0.1) is 0 Å². The minimum absolute atomic E-state index is 0.00140. The lowest BCUT2D eigenvalue weighted by Crippen LogP contribution is -1.96. The maximum absolute atomic E-state index is 13.5. The van der Waals surface area contributed by atoms with E-state index in [4.69, 9.17) is 23.8 Å². The molecule has 0 saturated carbocycles. The monoisotopic (exact) mass is 374 g/mol. The zero-order chi connectivity index (χ0) is 14.4. The van der Waals surface area contributed by atoms with Gasteiger partial charge in [-0.05, 0) is 52.4 Å². The Morgan fingerprint density at radius 2 is 1.95 bits per heavy atom. The molecule has 2 aromatic carbocycles. The molecule has 0 amide bonds. The molecule has 0 aliphatic rings. The lowest BCUT2D eigenvalue weighted by atomic mass is 10.2. The number of rotatable bonds is 1. The molecule has 0 radical (unpaired) electrons. The molecule has 0 unspecified atom stereocenters. The number of aromatic nitrogens is 2. The molecular formula is C13H6BrClF2N2S. The zero-order valence-electron chi connectivity index (χ0n) is 9.75. The van der Waals surface area contributed by atoms with Crippen molar-refractivity contribution in [2.45, 2.75) is 0 Å². The fraction of sp³-hybridized carbons (Fsp3) is 0. The van der Waals surface area contributed by atoms with Gasteiger partial charge in [-0.2, -0.15) is 0 Å². The van der Waals surface area contributed by atoms with E-state index in [1.54, 1.807) is 10.6 Å². The van der Waals surface area contributed by atoms with Crippen LogP contribution >= 0.6 is 39.7 Å². The van der Waals surface area contributed by atoms with Crippen LogP contribution in [0.2, 0.25) is 5.02 Å². The highest BCUT2D eigenvalue weighted by Crippen LogP contribution is 2.29. The van der Waals surface area contributed by atoms with Crippen molar-refractivity contribution in [3.63, 3.8) is 0 Å². The van der Waals surface area contributed by atoms with Gasteiger partial charge in [-0.3, -0.25) is 4.57 Å². The van der Waals surface area contributed by atoms with Gasteiger partial charge in [-0.1, -0.05) is 11.6 Å². The third-order valence-corrected chi connectivity index (χ3v) is 4.08. The number of hydrogen-bond acceptors (Lipinski definition) is 1. The van der Waals surface area contributed by atoms with Gasteiger partial charge in [0.05, 0.1) is 21.7 Å². The molecule has 0 fully saturated rings. The first-order valence-electron chi connectivity index (χ1n) is 5.52. The van der Waals surface area contributed by atoms with E-state index < -0.39 is 5.82 Å². The standard InChI is InChI=1S/C13H6BrClF2N2S/c14-7-3-6(16)1-2-11(7)19-12-4-8(15)9(17)5-10(12)18-13(19)20/h1-5H,(H,18,20). The Kier molecular flexibility index (Phi) is 3.40. The van der Waals surface area contributed by atoms with Gasteiger partial charge >= 0.3 is 0 Å². The Balaban J connectivity index is 2.39. The van der Waals surface area contributed by atoms with Gasteiger partial charge in [0.25, 0.3) is 0 Å². The number of nitrogens with one attached hydrogen (secondary N) is 1. The summed E-state index contributed by atoms with van der Waals surface area (Å²) < 4.78 is 29.2. The number of benzene rings is 2. The predicted molar refractivity (Wildman–Crippen MR) is 81.1 cm³/mol. The van der Waals surface area contributed by atoms with Crippen LogP contribution in [0.25, 0.3) is 16.7 Å². The average Bonchev–Trinajstić information content (AvgIpc) is 2.66. The van der Waals surface area contributed by atoms with Crippen LogP contribution in [0.3, 0.4) is 0 Å². The number of fused-ring (bicyclic) bond motifs is 1. The van der Waals surface area contributed by atoms with E-state index in [9.17, 15) is 8.78 Å². The van der Waals surface area contributed by atoms with Gasteiger partial charge in [-0.25, -0.2) is 8.78 Å². The van der Waals surface area contributed by atoms with Crippen molar-refractivity contribution in [1.82, 2.24) is 9.55 Å². The minimum atomic E-state index is -0.527. The van der Waals surface area contributed by atoms with Gasteiger partial charge in [0.1, 0.15) is 11.6 Å². The van der Waals surface area contributed by atoms with Crippen LogP contribution < -0.4 is 0 Å². The summed E-state index contributed by atoms with van der Waals surface area (Å²) in [5, 5.41) is -0.00140. The minimum Gasteiger partial charge on any atom is -0.330 e. The first kappa shape index (κ1) is 13.7. The molecule has 3 rings (SSSR count). The second-order valence-corrected chi connectivity index (χ2v) is 5.79. The highest BCUT2D eigenvalue weighted by Gasteiger charge is 2.12. The second kappa shape index (κ2) is 4.95. The molecule has 0 aliphatic heterocycles. The summed E-state index contributed by atoms with van der Waals surface area (Å²) in [5.41, 5.74) is 1.78. The lowest BCUT2D eigenvalue weighted by Gasteiger charge is -2.07. The van der Waals surface area contributed by atoms with Crippen LogP contribution in [0.1, 0.15) is 0 Å². The summed E-state index contributed by atoms with van der Waals surface area (Å²) in [6.45, 7) is 0. The van der Waals surface area contributed by atoms with Crippen molar-refractivity contribution >= 4 is 50.8 Å². The number of halogens is 4. The van der Waals surface area contributed by atoms with Crippen LogP contribution in [-0.4, -0.2) is 9.55 Å². The van der Waals surface area contributed by atoms with Gasteiger partial charge in [0.2, 0.25) is 0 Å². The molecule has 0 atom stereocenters. The Labute approximate surface area is 131 Å². The van der Waals surface area contributed by atoms with Crippen LogP contribution in [0, 0.1) is 16.4 Å². The summed E-state index contributed by atoms with van der Waals surface area (Å²) in [6.07, 6.45) is 0. The highest BCUT2D eigenvalue weighted by molar-refractivity contribution is 9.10. The second-order valence-electron chi connectivity index (χ2n) is 4.14. The van der Waals surface area contributed by atoms with Crippen molar-refractivity contribution in [2.24, 2.45) is 0 Å². The first-order valence-corrected chi connectivity index (χ1v) is 7.10. The van der Waals surface area contributed by atoms with Crippen LogP contribution in [0.5, 0.6) is 0 Å². The van der Waals surface area contributed by atoms with Crippen LogP contribution in [0.4, 0.5) is 8.78 Å². The lowest BCUT2D eigenvalue weighted by molar-refractivity contribution is 0.626. The molecule has 0 aliphatic carbocycles. The van der Waals surface area contributed by atoms with Crippen molar-refractivity contribution < 1.29 is 8.78 Å². The Hall–Kier alpha value is -1.24. The molecule has 2 nitrogen and oxygen atoms in total. The summed E-state index contributed by atoms with van der Waals surface area (Å²) in [6, 6.07) is 7.00.